The van der Waals surface area contributed by atoms with E-state index in [1.54, 1.807) is 0 Å². The van der Waals surface area contributed by atoms with Crippen LogP contribution in [0.3, 0.4) is 0 Å². The first-order valence-electron chi connectivity index (χ1n) is 26.1. The second-order valence-corrected chi connectivity index (χ2v) is 18.7. The van der Waals surface area contributed by atoms with E-state index >= 15 is 0 Å². The van der Waals surface area contributed by atoms with Crippen LogP contribution < -0.4 is 0 Å². The molecule has 0 radical (unpaired) electrons. The van der Waals surface area contributed by atoms with Crippen LogP contribution in [0.15, 0.2) is 0 Å². The van der Waals surface area contributed by atoms with Gasteiger partial charge in [0.1, 0.15) is 54.9 Å². The molecule has 0 saturated carbocycles. The first-order chi connectivity index (χ1) is 31.1. The largest absolute Gasteiger partial charge is 0.457 e. The molecule has 2 aliphatic rings. The third-order valence-corrected chi connectivity index (χ3v) is 12.9. The third-order valence-electron chi connectivity index (χ3n) is 12.9. The van der Waals surface area contributed by atoms with E-state index in [2.05, 4.69) is 13.8 Å². The molecule has 14 heteroatoms. The van der Waals surface area contributed by atoms with Crippen LogP contribution in [0.1, 0.15) is 213 Å². The molecule has 0 spiro atoms. The van der Waals surface area contributed by atoms with Crippen molar-refractivity contribution in [3.8, 4) is 0 Å². The predicted octanol–water partition coefficient (Wildman–Crippen LogP) is 7.69. The number of carbonyl (C=O) groups is 1. The number of aliphatic hydroxyl groups excluding tert-OH is 7. The number of unbranched alkanes of at least 4 members (excludes halogenated alkanes) is 28. The van der Waals surface area contributed by atoms with Crippen LogP contribution in [0.4, 0.5) is 0 Å². The Morgan fingerprint density at radius 3 is 1.27 bits per heavy atom. The quantitative estimate of drug-likeness (QED) is 0.0231. The average Bonchev–Trinajstić information content (AvgIpc) is 3.29. The maximum atomic E-state index is 12.7. The van der Waals surface area contributed by atoms with Crippen LogP contribution in [-0.2, 0) is 33.2 Å². The Morgan fingerprint density at radius 2 is 0.828 bits per heavy atom. The van der Waals surface area contributed by atoms with Crippen molar-refractivity contribution in [2.75, 3.05) is 33.0 Å². The fourth-order valence-corrected chi connectivity index (χ4v) is 8.58. The van der Waals surface area contributed by atoms with Gasteiger partial charge in [0.25, 0.3) is 0 Å². The summed E-state index contributed by atoms with van der Waals surface area (Å²) < 4.78 is 34.0. The number of hydrogen-bond acceptors (Lipinski definition) is 14. The lowest BCUT2D eigenvalue weighted by molar-refractivity contribution is -0.332. The van der Waals surface area contributed by atoms with Crippen LogP contribution >= 0.6 is 0 Å². The second kappa shape index (κ2) is 38.9. The zero-order chi connectivity index (χ0) is 46.6. The van der Waals surface area contributed by atoms with E-state index in [0.717, 1.165) is 38.5 Å². The van der Waals surface area contributed by atoms with Gasteiger partial charge in [-0.1, -0.05) is 194 Å². The molecular formula is C50H96O14. The Hall–Kier alpha value is -1.01. The van der Waals surface area contributed by atoms with Gasteiger partial charge in [0.05, 0.1) is 26.4 Å². The molecule has 2 saturated heterocycles. The van der Waals surface area contributed by atoms with Gasteiger partial charge >= 0.3 is 5.97 Å². The average molecular weight is 921 g/mol. The normalized spacial score (nSPS) is 26.6. The minimum atomic E-state index is -1.70. The van der Waals surface area contributed by atoms with E-state index in [1.807, 2.05) is 0 Å². The zero-order valence-corrected chi connectivity index (χ0v) is 40.3. The van der Waals surface area contributed by atoms with Crippen molar-refractivity contribution in [3.05, 3.63) is 0 Å². The molecule has 380 valence electrons. The lowest BCUT2D eigenvalue weighted by atomic mass is 9.98. The van der Waals surface area contributed by atoms with Crippen LogP contribution in [0.25, 0.3) is 0 Å². The molecule has 0 aliphatic carbocycles. The summed E-state index contributed by atoms with van der Waals surface area (Å²) in [7, 11) is 0. The van der Waals surface area contributed by atoms with Crippen LogP contribution in [0, 0.1) is 0 Å². The summed E-state index contributed by atoms with van der Waals surface area (Å²) >= 11 is 0. The van der Waals surface area contributed by atoms with Crippen LogP contribution in [-0.4, -0.2) is 142 Å². The smallest absolute Gasteiger partial charge is 0.306 e. The lowest BCUT2D eigenvalue weighted by Crippen LogP contribution is -2.61. The van der Waals surface area contributed by atoms with E-state index in [4.69, 9.17) is 28.4 Å². The SMILES string of the molecule is CCCCCCCCCCCCCCCCCCCCCCCCCCCCOCC(COC1OC(COC2OC(CO)C(O)C(O)C2O)C(O)C(O)C1O)OC(=O)CCCCCC. The minimum Gasteiger partial charge on any atom is -0.457 e. The number of ether oxygens (including phenoxy) is 6. The summed E-state index contributed by atoms with van der Waals surface area (Å²) in [5.41, 5.74) is 0. The molecule has 2 fully saturated rings. The number of hydrogen-bond donors (Lipinski definition) is 7. The molecule has 0 aromatic rings. The van der Waals surface area contributed by atoms with Crippen LogP contribution in [0.5, 0.6) is 0 Å². The molecule has 14 nitrogen and oxygen atoms in total. The van der Waals surface area contributed by atoms with Gasteiger partial charge in [-0.25, -0.2) is 0 Å². The van der Waals surface area contributed by atoms with Gasteiger partial charge in [0.15, 0.2) is 12.6 Å². The van der Waals surface area contributed by atoms with Crippen molar-refractivity contribution in [2.45, 2.75) is 280 Å². The Labute approximate surface area is 387 Å². The number of carbonyl (C=O) groups excluding carboxylic acids is 1. The second-order valence-electron chi connectivity index (χ2n) is 18.7. The molecule has 11 unspecified atom stereocenters. The van der Waals surface area contributed by atoms with Gasteiger partial charge in [-0.15, -0.1) is 0 Å². The van der Waals surface area contributed by atoms with Gasteiger partial charge in [-0.2, -0.15) is 0 Å². The number of rotatable bonds is 42. The fourth-order valence-electron chi connectivity index (χ4n) is 8.58. The fraction of sp³-hybridized carbons (Fsp3) is 0.980. The molecular weight excluding hydrogens is 825 g/mol. The topological polar surface area (TPSA) is 214 Å². The van der Waals surface area contributed by atoms with E-state index in [1.165, 1.54) is 148 Å². The van der Waals surface area contributed by atoms with Gasteiger partial charge in [0, 0.05) is 13.0 Å². The van der Waals surface area contributed by atoms with E-state index in [0.29, 0.717) is 13.0 Å². The molecule has 11 atom stereocenters. The Balaban J connectivity index is 1.56. The molecule has 0 amide bonds. The Bertz CT molecular complexity index is 1070. The van der Waals surface area contributed by atoms with Gasteiger partial charge in [0.2, 0.25) is 0 Å². The molecule has 0 aromatic heterocycles. The van der Waals surface area contributed by atoms with E-state index in [-0.39, 0.29) is 25.6 Å². The summed E-state index contributed by atoms with van der Waals surface area (Å²) in [5.74, 6) is -0.389. The zero-order valence-electron chi connectivity index (χ0n) is 40.3. The molecule has 2 rings (SSSR count). The van der Waals surface area contributed by atoms with Crippen molar-refractivity contribution in [3.63, 3.8) is 0 Å². The van der Waals surface area contributed by atoms with E-state index in [9.17, 15) is 40.5 Å². The highest BCUT2D eigenvalue weighted by Crippen LogP contribution is 2.26. The maximum absolute atomic E-state index is 12.7. The molecule has 7 N–H and O–H groups in total. The third kappa shape index (κ3) is 26.5. The summed E-state index contributed by atoms with van der Waals surface area (Å²) in [6, 6.07) is 0. The summed E-state index contributed by atoms with van der Waals surface area (Å²) in [4.78, 5) is 12.7. The van der Waals surface area contributed by atoms with Crippen molar-refractivity contribution >= 4 is 5.97 Å². The van der Waals surface area contributed by atoms with Crippen molar-refractivity contribution in [1.82, 2.24) is 0 Å². The predicted molar refractivity (Wildman–Crippen MR) is 248 cm³/mol. The maximum Gasteiger partial charge on any atom is 0.306 e. The Morgan fingerprint density at radius 1 is 0.453 bits per heavy atom. The molecule has 64 heavy (non-hydrogen) atoms. The highest BCUT2D eigenvalue weighted by atomic mass is 16.7. The van der Waals surface area contributed by atoms with Crippen molar-refractivity contribution in [1.29, 1.82) is 0 Å². The van der Waals surface area contributed by atoms with Gasteiger partial charge < -0.3 is 64.2 Å². The standard InChI is InChI=1S/C50H96O14/c1-3-5-7-9-10-11-12-13-14-15-16-17-18-19-20-21-22-23-24-25-26-27-28-29-30-32-34-59-36-39(62-42(52)33-31-8-6-4-2)37-60-49-48(58)46(56)44(54)41(64-49)38-61-50-47(57)45(55)43(53)40(35-51)63-50/h39-41,43-51,53-58H,3-38H2,1-2H3. The van der Waals surface area contributed by atoms with Crippen molar-refractivity contribution in [2.24, 2.45) is 0 Å². The highest BCUT2D eigenvalue weighted by Gasteiger charge is 2.47. The lowest BCUT2D eigenvalue weighted by Gasteiger charge is -2.42. The summed E-state index contributed by atoms with van der Waals surface area (Å²) in [6.45, 7) is 3.59. The van der Waals surface area contributed by atoms with Crippen LogP contribution in [0.2, 0.25) is 0 Å². The molecule has 2 heterocycles. The minimum absolute atomic E-state index is 0.0672. The molecule has 2 aliphatic heterocycles. The highest BCUT2D eigenvalue weighted by molar-refractivity contribution is 5.69. The van der Waals surface area contributed by atoms with Gasteiger partial charge in [-0.3, -0.25) is 4.79 Å². The summed E-state index contributed by atoms with van der Waals surface area (Å²) in [5, 5.41) is 71.7. The number of aliphatic hydroxyl groups is 7. The van der Waals surface area contributed by atoms with E-state index < -0.39 is 80.7 Å². The molecule has 0 bridgehead atoms. The monoisotopic (exact) mass is 921 g/mol. The summed E-state index contributed by atoms with van der Waals surface area (Å²) in [6.07, 6.45) is 22.7. The first-order valence-corrected chi connectivity index (χ1v) is 26.1. The van der Waals surface area contributed by atoms with Gasteiger partial charge in [-0.05, 0) is 12.8 Å². The first kappa shape index (κ1) is 59.1. The Kier molecular flexibility index (Phi) is 35.9. The van der Waals surface area contributed by atoms with Crippen molar-refractivity contribution < 1.29 is 69.0 Å². The number of esters is 1. The molecule has 0 aromatic carbocycles.